The van der Waals surface area contributed by atoms with Gasteiger partial charge < -0.3 is 11.1 Å². The van der Waals surface area contributed by atoms with E-state index in [4.69, 9.17) is 11.3 Å². The highest BCUT2D eigenvalue weighted by atomic mass is 15.2. The molecule has 18 heavy (non-hydrogen) atoms. The molecule has 0 aliphatic carbocycles. The third-order valence-corrected chi connectivity index (χ3v) is 3.30. The van der Waals surface area contributed by atoms with Gasteiger partial charge >= 0.3 is 0 Å². The SMILES string of the molecule is Cc1c(N)cc(N=[N+]=[N-])cc1CN1CCNCC1. The summed E-state index contributed by atoms with van der Waals surface area (Å²) >= 11 is 0. The summed E-state index contributed by atoms with van der Waals surface area (Å²) in [7, 11) is 0. The van der Waals surface area contributed by atoms with Crippen LogP contribution in [0.4, 0.5) is 11.4 Å². The van der Waals surface area contributed by atoms with Gasteiger partial charge in [0, 0.05) is 49.0 Å². The largest absolute Gasteiger partial charge is 0.398 e. The zero-order valence-corrected chi connectivity index (χ0v) is 10.6. The van der Waals surface area contributed by atoms with Crippen LogP contribution in [0.15, 0.2) is 17.2 Å². The number of hydrogen-bond acceptors (Lipinski definition) is 4. The minimum absolute atomic E-state index is 0.589. The zero-order valence-electron chi connectivity index (χ0n) is 10.6. The van der Waals surface area contributed by atoms with Crippen LogP contribution in [-0.2, 0) is 6.54 Å². The molecule has 1 aliphatic rings. The molecular weight excluding hydrogens is 228 g/mol. The number of nitrogen functional groups attached to an aromatic ring is 1. The first-order chi connectivity index (χ1) is 8.70. The topological polar surface area (TPSA) is 90.0 Å². The predicted octanol–water partition coefficient (Wildman–Crippen LogP) is 1.92. The monoisotopic (exact) mass is 246 g/mol. The van der Waals surface area contributed by atoms with E-state index in [9.17, 15) is 0 Å². The number of hydrogen-bond donors (Lipinski definition) is 2. The molecule has 0 atom stereocenters. The van der Waals surface area contributed by atoms with E-state index in [0.717, 1.165) is 43.9 Å². The molecule has 0 unspecified atom stereocenters. The van der Waals surface area contributed by atoms with Gasteiger partial charge in [-0.3, -0.25) is 4.90 Å². The molecule has 96 valence electrons. The second kappa shape index (κ2) is 5.73. The average Bonchev–Trinajstić information content (AvgIpc) is 2.37. The van der Waals surface area contributed by atoms with Gasteiger partial charge in [0.2, 0.25) is 0 Å². The lowest BCUT2D eigenvalue weighted by Gasteiger charge is -2.28. The number of nitrogens with two attached hydrogens (primary N) is 1. The maximum Gasteiger partial charge on any atom is 0.0399 e. The van der Waals surface area contributed by atoms with E-state index in [2.05, 4.69) is 20.2 Å². The summed E-state index contributed by atoms with van der Waals surface area (Å²) in [5.41, 5.74) is 17.9. The highest BCUT2D eigenvalue weighted by Crippen LogP contribution is 2.25. The zero-order chi connectivity index (χ0) is 13.0. The Hall–Kier alpha value is -1.75. The van der Waals surface area contributed by atoms with Crippen LogP contribution in [0.5, 0.6) is 0 Å². The molecule has 0 saturated carbocycles. The maximum atomic E-state index is 8.49. The molecule has 1 aromatic carbocycles. The fraction of sp³-hybridized carbons (Fsp3) is 0.500. The van der Waals surface area contributed by atoms with Gasteiger partial charge in [-0.25, -0.2) is 0 Å². The second-order valence-corrected chi connectivity index (χ2v) is 4.53. The quantitative estimate of drug-likeness (QED) is 0.369. The molecule has 0 bridgehead atoms. The van der Waals surface area contributed by atoms with Crippen molar-refractivity contribution < 1.29 is 0 Å². The molecule has 0 amide bonds. The van der Waals surface area contributed by atoms with Crippen molar-refractivity contribution in [2.24, 2.45) is 5.11 Å². The Balaban J connectivity index is 2.22. The first kappa shape index (κ1) is 12.7. The lowest BCUT2D eigenvalue weighted by Crippen LogP contribution is -2.43. The number of nitrogens with one attached hydrogen (secondary N) is 1. The molecule has 6 heteroatoms. The van der Waals surface area contributed by atoms with E-state index in [1.165, 1.54) is 0 Å². The molecule has 1 heterocycles. The van der Waals surface area contributed by atoms with Crippen molar-refractivity contribution in [2.75, 3.05) is 31.9 Å². The number of piperazine rings is 1. The Morgan fingerprint density at radius 2 is 2.17 bits per heavy atom. The Morgan fingerprint density at radius 3 is 2.83 bits per heavy atom. The summed E-state index contributed by atoms with van der Waals surface area (Å²) in [6.45, 7) is 6.96. The summed E-state index contributed by atoms with van der Waals surface area (Å²) in [6, 6.07) is 3.64. The van der Waals surface area contributed by atoms with E-state index < -0.39 is 0 Å². The molecule has 6 nitrogen and oxygen atoms in total. The summed E-state index contributed by atoms with van der Waals surface area (Å²) in [4.78, 5) is 5.18. The molecular formula is C12H18N6. The molecule has 0 aromatic heterocycles. The van der Waals surface area contributed by atoms with Gasteiger partial charge in [0.15, 0.2) is 0 Å². The van der Waals surface area contributed by atoms with Gasteiger partial charge in [0.05, 0.1) is 0 Å². The first-order valence-electron chi connectivity index (χ1n) is 6.08. The van der Waals surface area contributed by atoms with Crippen LogP contribution < -0.4 is 11.1 Å². The van der Waals surface area contributed by atoms with Crippen LogP contribution in [0, 0.1) is 6.92 Å². The fourth-order valence-corrected chi connectivity index (χ4v) is 2.17. The molecule has 2 rings (SSSR count). The van der Waals surface area contributed by atoms with Crippen LogP contribution in [0.2, 0.25) is 0 Å². The third kappa shape index (κ3) is 2.92. The van der Waals surface area contributed by atoms with Crippen molar-refractivity contribution in [1.29, 1.82) is 0 Å². The van der Waals surface area contributed by atoms with Gasteiger partial charge in [-0.2, -0.15) is 0 Å². The number of anilines is 1. The van der Waals surface area contributed by atoms with E-state index >= 15 is 0 Å². The molecule has 1 fully saturated rings. The highest BCUT2D eigenvalue weighted by Gasteiger charge is 2.12. The average molecular weight is 246 g/mol. The number of rotatable bonds is 3. The van der Waals surface area contributed by atoms with Crippen LogP contribution >= 0.6 is 0 Å². The van der Waals surface area contributed by atoms with Crippen molar-refractivity contribution in [3.05, 3.63) is 33.7 Å². The van der Waals surface area contributed by atoms with E-state index in [1.807, 2.05) is 13.0 Å². The Bertz CT molecular complexity index is 472. The normalized spacial score (nSPS) is 16.3. The lowest BCUT2D eigenvalue weighted by molar-refractivity contribution is 0.233. The van der Waals surface area contributed by atoms with Crippen LogP contribution in [0.1, 0.15) is 11.1 Å². The first-order valence-corrected chi connectivity index (χ1v) is 6.08. The summed E-state index contributed by atoms with van der Waals surface area (Å²) in [6.07, 6.45) is 0. The van der Waals surface area contributed by atoms with Crippen molar-refractivity contribution >= 4 is 11.4 Å². The van der Waals surface area contributed by atoms with Crippen LogP contribution in [0.25, 0.3) is 10.4 Å². The molecule has 1 aliphatic heterocycles. The van der Waals surface area contributed by atoms with Gasteiger partial charge in [-0.05, 0) is 35.7 Å². The van der Waals surface area contributed by atoms with E-state index in [0.29, 0.717) is 11.4 Å². The standard InChI is InChI=1S/C12H18N6/c1-9-10(8-18-4-2-15-3-5-18)6-11(16-17-14)7-12(9)13/h6-7,15H,2-5,8,13H2,1H3. The minimum Gasteiger partial charge on any atom is -0.398 e. The molecule has 0 radical (unpaired) electrons. The fourth-order valence-electron chi connectivity index (χ4n) is 2.17. The Kier molecular flexibility index (Phi) is 4.04. The summed E-state index contributed by atoms with van der Waals surface area (Å²) in [5, 5.41) is 6.96. The molecule has 3 N–H and O–H groups in total. The second-order valence-electron chi connectivity index (χ2n) is 4.53. The van der Waals surface area contributed by atoms with Gasteiger partial charge in [0.1, 0.15) is 0 Å². The highest BCUT2D eigenvalue weighted by molar-refractivity contribution is 5.59. The molecule has 0 spiro atoms. The third-order valence-electron chi connectivity index (χ3n) is 3.30. The Morgan fingerprint density at radius 1 is 1.44 bits per heavy atom. The van der Waals surface area contributed by atoms with Crippen LogP contribution in [0.3, 0.4) is 0 Å². The number of azide groups is 1. The predicted molar refractivity (Wildman–Crippen MR) is 72.5 cm³/mol. The van der Waals surface area contributed by atoms with Crippen molar-refractivity contribution in [2.45, 2.75) is 13.5 Å². The van der Waals surface area contributed by atoms with E-state index in [1.54, 1.807) is 6.07 Å². The van der Waals surface area contributed by atoms with Gasteiger partial charge in [-0.1, -0.05) is 5.11 Å². The Labute approximate surface area is 106 Å². The van der Waals surface area contributed by atoms with Crippen molar-refractivity contribution in [3.8, 4) is 0 Å². The van der Waals surface area contributed by atoms with Gasteiger partial charge in [-0.15, -0.1) is 0 Å². The lowest BCUT2D eigenvalue weighted by atomic mass is 10.0. The molecule has 1 aromatic rings. The number of nitrogens with zero attached hydrogens (tertiary/aromatic N) is 4. The van der Waals surface area contributed by atoms with Gasteiger partial charge in [0.25, 0.3) is 0 Å². The number of benzene rings is 1. The van der Waals surface area contributed by atoms with Crippen molar-refractivity contribution in [3.63, 3.8) is 0 Å². The minimum atomic E-state index is 0.589. The van der Waals surface area contributed by atoms with Crippen molar-refractivity contribution in [1.82, 2.24) is 10.2 Å². The van der Waals surface area contributed by atoms with Crippen LogP contribution in [-0.4, -0.2) is 31.1 Å². The van der Waals surface area contributed by atoms with E-state index in [-0.39, 0.29) is 0 Å². The maximum absolute atomic E-state index is 8.49. The summed E-state index contributed by atoms with van der Waals surface area (Å²) < 4.78 is 0. The summed E-state index contributed by atoms with van der Waals surface area (Å²) in [5.74, 6) is 0. The molecule has 1 saturated heterocycles. The smallest absolute Gasteiger partial charge is 0.0399 e.